The van der Waals surface area contributed by atoms with Gasteiger partial charge in [-0.15, -0.1) is 0 Å². The van der Waals surface area contributed by atoms with E-state index in [1.54, 1.807) is 0 Å². The summed E-state index contributed by atoms with van der Waals surface area (Å²) in [5.41, 5.74) is 5.92. The Morgan fingerprint density at radius 1 is 1.45 bits per heavy atom. The number of sulfonamides is 1. The molecule has 1 fully saturated rings. The van der Waals surface area contributed by atoms with Crippen molar-refractivity contribution in [2.75, 3.05) is 32.4 Å². The summed E-state index contributed by atoms with van der Waals surface area (Å²) in [5.74, 6) is 0. The fraction of sp³-hybridized carbons (Fsp3) is 0.615. The van der Waals surface area contributed by atoms with Crippen molar-refractivity contribution in [3.05, 3.63) is 18.5 Å². The predicted octanol–water partition coefficient (Wildman–Crippen LogP) is 0.674. The summed E-state index contributed by atoms with van der Waals surface area (Å²) in [4.78, 5) is 6.14. The minimum atomic E-state index is -3.59. The number of pyridine rings is 1. The van der Waals surface area contributed by atoms with Gasteiger partial charge in [0.25, 0.3) is 0 Å². The minimum Gasteiger partial charge on any atom is -0.398 e. The average molecular weight is 298 g/mol. The van der Waals surface area contributed by atoms with E-state index in [-0.39, 0.29) is 16.0 Å². The molecule has 0 aromatic carbocycles. The molecule has 0 radical (unpaired) electrons. The Bertz CT molecular complexity index is 565. The molecule has 1 saturated heterocycles. The molecule has 0 spiro atoms. The lowest BCUT2D eigenvalue weighted by molar-refractivity contribution is 0.143. The standard InChI is InChI=1S/C13H22N4O2S/c1-13(4-7-17(2)8-5-13)10-16-20(18,19)12-9-15-6-3-11(12)14/h3,6,9,16H,4-5,7-8,10H2,1-2H3,(H2,14,15). The summed E-state index contributed by atoms with van der Waals surface area (Å²) in [7, 11) is -1.51. The molecule has 1 aromatic heterocycles. The number of hydrogen-bond donors (Lipinski definition) is 2. The maximum absolute atomic E-state index is 12.3. The second-order valence-electron chi connectivity index (χ2n) is 5.85. The SMILES string of the molecule is CN1CCC(C)(CNS(=O)(=O)c2cnccc2N)CC1. The Hall–Kier alpha value is -1.18. The Kier molecular flexibility index (Phi) is 4.31. The molecule has 0 saturated carbocycles. The van der Waals surface area contributed by atoms with Crippen LogP contribution in [0.25, 0.3) is 0 Å². The third-order valence-corrected chi connectivity index (χ3v) is 5.43. The third-order valence-electron chi connectivity index (χ3n) is 3.99. The summed E-state index contributed by atoms with van der Waals surface area (Å²) in [6, 6.07) is 1.49. The van der Waals surface area contributed by atoms with Crippen LogP contribution in [0.2, 0.25) is 0 Å². The van der Waals surface area contributed by atoms with Crippen molar-refractivity contribution < 1.29 is 8.42 Å². The van der Waals surface area contributed by atoms with Crippen LogP contribution in [0.1, 0.15) is 19.8 Å². The van der Waals surface area contributed by atoms with Crippen molar-refractivity contribution in [1.82, 2.24) is 14.6 Å². The Labute approximate surface area is 120 Å². The summed E-state index contributed by atoms with van der Waals surface area (Å²) < 4.78 is 27.2. The largest absolute Gasteiger partial charge is 0.398 e. The van der Waals surface area contributed by atoms with Gasteiger partial charge in [0.1, 0.15) is 4.90 Å². The zero-order valence-electron chi connectivity index (χ0n) is 12.0. The first-order valence-electron chi connectivity index (χ1n) is 6.70. The molecular formula is C13H22N4O2S. The van der Waals surface area contributed by atoms with Crippen molar-refractivity contribution in [2.24, 2.45) is 5.41 Å². The first-order valence-corrected chi connectivity index (χ1v) is 8.18. The Morgan fingerprint density at radius 3 is 2.70 bits per heavy atom. The van der Waals surface area contributed by atoms with Gasteiger partial charge in [0, 0.05) is 18.9 Å². The molecule has 1 aliphatic heterocycles. The molecule has 2 rings (SSSR count). The fourth-order valence-corrected chi connectivity index (χ4v) is 3.57. The number of likely N-dealkylation sites (tertiary alicyclic amines) is 1. The molecule has 0 amide bonds. The van der Waals surface area contributed by atoms with Crippen LogP contribution < -0.4 is 10.5 Å². The molecule has 0 atom stereocenters. The van der Waals surface area contributed by atoms with Gasteiger partial charge in [-0.05, 0) is 44.5 Å². The number of anilines is 1. The zero-order valence-corrected chi connectivity index (χ0v) is 12.8. The first kappa shape index (κ1) is 15.2. The van der Waals surface area contributed by atoms with Crippen molar-refractivity contribution >= 4 is 15.7 Å². The second-order valence-corrected chi connectivity index (χ2v) is 7.59. The van der Waals surface area contributed by atoms with Gasteiger partial charge in [-0.1, -0.05) is 6.92 Å². The highest BCUT2D eigenvalue weighted by Gasteiger charge is 2.30. The molecule has 1 aliphatic rings. The molecule has 0 aliphatic carbocycles. The van der Waals surface area contributed by atoms with E-state index in [1.807, 2.05) is 0 Å². The quantitative estimate of drug-likeness (QED) is 0.853. The Morgan fingerprint density at radius 2 is 2.10 bits per heavy atom. The van der Waals surface area contributed by atoms with Gasteiger partial charge in [-0.2, -0.15) is 0 Å². The molecular weight excluding hydrogens is 276 g/mol. The van der Waals surface area contributed by atoms with Crippen molar-refractivity contribution in [3.63, 3.8) is 0 Å². The zero-order chi connectivity index (χ0) is 14.8. The molecule has 0 bridgehead atoms. The topological polar surface area (TPSA) is 88.3 Å². The molecule has 2 heterocycles. The lowest BCUT2D eigenvalue weighted by Crippen LogP contribution is -2.43. The Balaban J connectivity index is 2.05. The molecule has 6 nitrogen and oxygen atoms in total. The van der Waals surface area contributed by atoms with Crippen LogP contribution in [0, 0.1) is 5.41 Å². The number of nitrogens with two attached hydrogens (primary N) is 1. The van der Waals surface area contributed by atoms with E-state index >= 15 is 0 Å². The molecule has 1 aromatic rings. The number of nitrogens with one attached hydrogen (secondary N) is 1. The van der Waals surface area contributed by atoms with E-state index in [9.17, 15) is 8.42 Å². The van der Waals surface area contributed by atoms with Gasteiger partial charge in [0.2, 0.25) is 10.0 Å². The maximum atomic E-state index is 12.3. The molecule has 0 unspecified atom stereocenters. The van der Waals surface area contributed by atoms with E-state index in [1.165, 1.54) is 18.5 Å². The summed E-state index contributed by atoms with van der Waals surface area (Å²) in [6.45, 7) is 4.53. The van der Waals surface area contributed by atoms with E-state index in [2.05, 4.69) is 28.6 Å². The van der Waals surface area contributed by atoms with E-state index in [0.29, 0.717) is 6.54 Å². The van der Waals surface area contributed by atoms with Crippen molar-refractivity contribution in [2.45, 2.75) is 24.7 Å². The lowest BCUT2D eigenvalue weighted by Gasteiger charge is -2.37. The maximum Gasteiger partial charge on any atom is 0.244 e. The molecule has 3 N–H and O–H groups in total. The van der Waals surface area contributed by atoms with Gasteiger partial charge in [-0.25, -0.2) is 13.1 Å². The third kappa shape index (κ3) is 3.47. The van der Waals surface area contributed by atoms with Crippen molar-refractivity contribution in [3.8, 4) is 0 Å². The summed E-state index contributed by atoms with van der Waals surface area (Å²) in [5, 5.41) is 0. The number of rotatable bonds is 4. The van der Waals surface area contributed by atoms with Crippen LogP contribution in [0.15, 0.2) is 23.4 Å². The fourth-order valence-electron chi connectivity index (χ4n) is 2.30. The number of aromatic nitrogens is 1. The smallest absolute Gasteiger partial charge is 0.244 e. The van der Waals surface area contributed by atoms with E-state index in [0.717, 1.165) is 25.9 Å². The number of nitrogen functional groups attached to an aromatic ring is 1. The normalized spacial score (nSPS) is 19.9. The van der Waals surface area contributed by atoms with Crippen molar-refractivity contribution in [1.29, 1.82) is 0 Å². The van der Waals surface area contributed by atoms with Crippen LogP contribution in [0.5, 0.6) is 0 Å². The monoisotopic (exact) mass is 298 g/mol. The highest BCUT2D eigenvalue weighted by molar-refractivity contribution is 7.89. The van der Waals surface area contributed by atoms with Gasteiger partial charge in [-0.3, -0.25) is 4.98 Å². The van der Waals surface area contributed by atoms with Gasteiger partial charge < -0.3 is 10.6 Å². The highest BCUT2D eigenvalue weighted by Crippen LogP contribution is 2.30. The second kappa shape index (κ2) is 5.67. The van der Waals surface area contributed by atoms with Crippen LogP contribution >= 0.6 is 0 Å². The molecule has 20 heavy (non-hydrogen) atoms. The van der Waals surface area contributed by atoms with Crippen LogP contribution in [-0.2, 0) is 10.0 Å². The summed E-state index contributed by atoms with van der Waals surface area (Å²) in [6.07, 6.45) is 4.73. The van der Waals surface area contributed by atoms with Gasteiger partial charge in [0.15, 0.2) is 0 Å². The van der Waals surface area contributed by atoms with Crippen LogP contribution in [0.3, 0.4) is 0 Å². The van der Waals surface area contributed by atoms with Gasteiger partial charge in [0.05, 0.1) is 5.69 Å². The number of hydrogen-bond acceptors (Lipinski definition) is 5. The molecule has 112 valence electrons. The molecule has 7 heteroatoms. The predicted molar refractivity (Wildman–Crippen MR) is 78.7 cm³/mol. The highest BCUT2D eigenvalue weighted by atomic mass is 32.2. The lowest BCUT2D eigenvalue weighted by atomic mass is 9.81. The average Bonchev–Trinajstić information content (AvgIpc) is 2.41. The number of nitrogens with zero attached hydrogens (tertiary/aromatic N) is 2. The van der Waals surface area contributed by atoms with E-state index < -0.39 is 10.0 Å². The first-order chi connectivity index (χ1) is 9.32. The van der Waals surface area contributed by atoms with Crippen LogP contribution in [0.4, 0.5) is 5.69 Å². The van der Waals surface area contributed by atoms with Crippen LogP contribution in [-0.4, -0.2) is 45.0 Å². The van der Waals surface area contributed by atoms with E-state index in [4.69, 9.17) is 5.73 Å². The number of piperidine rings is 1. The summed E-state index contributed by atoms with van der Waals surface area (Å²) >= 11 is 0. The van der Waals surface area contributed by atoms with Gasteiger partial charge >= 0.3 is 0 Å². The minimum absolute atomic E-state index is 0.00342.